The fourth-order valence-corrected chi connectivity index (χ4v) is 14.5. The molecular formula is C56H73N9O10S2. The number of cyclic esters (lactones) is 1. The van der Waals surface area contributed by atoms with E-state index in [1.807, 2.05) is 32.3 Å². The van der Waals surface area contributed by atoms with Crippen molar-refractivity contribution in [2.45, 2.75) is 128 Å². The second-order valence-corrected chi connectivity index (χ2v) is 25.9. The third kappa shape index (κ3) is 11.3. The predicted octanol–water partition coefficient (Wildman–Crippen LogP) is 6.63. The maximum Gasteiger partial charge on any atom is 0.324 e. The van der Waals surface area contributed by atoms with Crippen molar-refractivity contribution in [1.29, 1.82) is 0 Å². The van der Waals surface area contributed by atoms with Gasteiger partial charge in [-0.15, -0.1) is 11.3 Å². The van der Waals surface area contributed by atoms with Crippen molar-refractivity contribution in [1.82, 2.24) is 40.2 Å². The van der Waals surface area contributed by atoms with E-state index in [1.165, 1.54) is 35.6 Å². The van der Waals surface area contributed by atoms with Gasteiger partial charge in [-0.3, -0.25) is 29.3 Å². The Kier molecular flexibility index (Phi) is 15.4. The van der Waals surface area contributed by atoms with Crippen LogP contribution in [0.15, 0.2) is 52.9 Å². The summed E-state index contributed by atoms with van der Waals surface area (Å²) in [6.45, 7) is 15.2. The molecule has 2 aliphatic carbocycles. The fourth-order valence-electron chi connectivity index (χ4n) is 12.1. The number of esters is 1. The molecular weight excluding hydrogens is 1020 g/mol. The number of hydrogen-bond acceptors (Lipinski definition) is 17. The van der Waals surface area contributed by atoms with E-state index in [9.17, 15) is 22.8 Å². The van der Waals surface area contributed by atoms with E-state index in [1.54, 1.807) is 13.4 Å². The quantitative estimate of drug-likeness (QED) is 0.112. The Labute approximate surface area is 454 Å². The van der Waals surface area contributed by atoms with Crippen LogP contribution in [0, 0.1) is 17.3 Å². The van der Waals surface area contributed by atoms with Crippen molar-refractivity contribution in [3.63, 3.8) is 0 Å². The van der Waals surface area contributed by atoms with Gasteiger partial charge in [-0.2, -0.15) is 0 Å². The number of ether oxygens (including phenoxy) is 4. The van der Waals surface area contributed by atoms with E-state index in [0.29, 0.717) is 74.2 Å². The Bertz CT molecular complexity index is 3060. The van der Waals surface area contributed by atoms with Crippen LogP contribution in [-0.2, 0) is 56.1 Å². The van der Waals surface area contributed by atoms with Crippen LogP contribution < -0.4 is 15.6 Å². The molecule has 5 aromatic rings. The van der Waals surface area contributed by atoms with Gasteiger partial charge in [0.15, 0.2) is 16.2 Å². The zero-order chi connectivity index (χ0) is 53.8. The highest BCUT2D eigenvalue weighted by Crippen LogP contribution is 2.53. The number of nitrogens with one attached hydrogen (secondary N) is 2. The van der Waals surface area contributed by atoms with Gasteiger partial charge in [-0.1, -0.05) is 26.8 Å². The average Bonchev–Trinajstić information content (AvgIpc) is 4.37. The highest BCUT2D eigenvalue weighted by molar-refractivity contribution is 7.91. The molecule has 77 heavy (non-hydrogen) atoms. The van der Waals surface area contributed by atoms with E-state index in [-0.39, 0.29) is 54.7 Å². The summed E-state index contributed by atoms with van der Waals surface area (Å²) in [5, 5.41) is 8.00. The van der Waals surface area contributed by atoms with Crippen LogP contribution in [0.3, 0.4) is 0 Å². The summed E-state index contributed by atoms with van der Waals surface area (Å²) in [5.41, 5.74) is 10.5. The van der Waals surface area contributed by atoms with E-state index in [4.69, 9.17) is 33.3 Å². The molecule has 6 bridgehead atoms. The Morgan fingerprint density at radius 2 is 1.82 bits per heavy atom. The van der Waals surface area contributed by atoms with Gasteiger partial charge < -0.3 is 38.1 Å². The number of rotatable bonds is 14. The summed E-state index contributed by atoms with van der Waals surface area (Å²) in [7, 11) is -1.38. The zero-order valence-electron chi connectivity index (χ0n) is 45.1. The minimum absolute atomic E-state index is 0.0355. The number of carbonyl (C=O) groups excluding carboxylic acids is 3. The van der Waals surface area contributed by atoms with Gasteiger partial charge in [0.25, 0.3) is 5.91 Å². The Hall–Kier alpha value is -5.29. The fraction of sp³-hybridized carbons (Fsp3) is 0.607. The molecule has 6 aliphatic rings. The summed E-state index contributed by atoms with van der Waals surface area (Å²) in [5.74, 6) is -1.65. The number of pyridine rings is 1. The van der Waals surface area contributed by atoms with Crippen molar-refractivity contribution in [2.75, 3.05) is 76.1 Å². The highest BCUT2D eigenvalue weighted by Gasteiger charge is 2.55. The number of amides is 2. The lowest BCUT2D eigenvalue weighted by atomic mass is 9.84. The number of hydrogen-bond donors (Lipinski definition) is 2. The molecule has 414 valence electrons. The molecule has 2 N–H and O–H groups in total. The van der Waals surface area contributed by atoms with Crippen LogP contribution in [0.4, 0.5) is 5.69 Å². The van der Waals surface area contributed by atoms with Crippen molar-refractivity contribution in [3.05, 3.63) is 70.5 Å². The Balaban J connectivity index is 1.03. The first-order valence-electron chi connectivity index (χ1n) is 27.6. The summed E-state index contributed by atoms with van der Waals surface area (Å²) >= 11 is 1.36. The summed E-state index contributed by atoms with van der Waals surface area (Å²) in [6, 6.07) is 7.30. The van der Waals surface area contributed by atoms with Gasteiger partial charge in [0, 0.05) is 104 Å². The second kappa shape index (κ2) is 22.1. The number of hydrazine groups is 1. The van der Waals surface area contributed by atoms with Crippen LogP contribution >= 0.6 is 11.3 Å². The second-order valence-electron chi connectivity index (χ2n) is 22.7. The first kappa shape index (κ1) is 53.7. The van der Waals surface area contributed by atoms with E-state index in [0.717, 1.165) is 70.8 Å². The minimum Gasteiger partial charge on any atom is -0.464 e. The normalized spacial score (nSPS) is 26.6. The van der Waals surface area contributed by atoms with E-state index >= 15 is 0 Å². The van der Waals surface area contributed by atoms with Gasteiger partial charge in [0.1, 0.15) is 29.5 Å². The first-order chi connectivity index (χ1) is 37.1. The van der Waals surface area contributed by atoms with Crippen molar-refractivity contribution in [3.8, 4) is 22.5 Å². The molecule has 8 heterocycles. The maximum atomic E-state index is 15.0. The standard InChI is InChI=1S/C56H73N9O10S2/c1-7-73-51-49(60-52(66)47-33(2)46(47)43-29-72-32-58-43)54(67)65-16-8-9-42(61-65)55(68)75-31-56(4,5)27-41-39-25-35(44-30-76-53(51)59-44)10-13-45(39)64(21-22-74-38-14-23-77(69,70)24-15-38)50(41)40-26-37(28-57-48(40)34(3)71-6)63-19-17-62(18-20-63)36-11-12-36/h10,13,25-26,28-30,32-34,36,38,42,46-47,49,51,61H,7-9,11-12,14-24,27,31H2,1-6H3,(H,60,66)/t33-,34-,42-,46-,47?,49-,51-/m0/s1. The topological polar surface area (TPSA) is 213 Å². The van der Waals surface area contributed by atoms with E-state index in [2.05, 4.69) is 68.2 Å². The molecule has 1 unspecified atom stereocenters. The molecule has 7 atom stereocenters. The Morgan fingerprint density at radius 1 is 1.03 bits per heavy atom. The SMILES string of the molecule is CCO[C@@H]1c2nc(cs2)-c2ccc3c(c2)c(c(-c2cc(N4CCN(C5CC5)CC4)cnc2[C@H](C)OC)n3CCOC2CCS(=O)(=O)CC2)CC(C)(C)COC(=O)[C@@H]2CCCN(N2)C(=O)[C@H]1NC(=O)C1[C@@H](C)[C@H]1c1cocn1. The number of methoxy groups -OCH3 is 1. The molecule has 3 saturated heterocycles. The molecule has 2 amide bonds. The number of thiazole rings is 1. The van der Waals surface area contributed by atoms with E-state index < -0.39 is 51.2 Å². The van der Waals surface area contributed by atoms with Crippen molar-refractivity contribution >= 4 is 55.5 Å². The molecule has 2 saturated carbocycles. The largest absolute Gasteiger partial charge is 0.464 e. The van der Waals surface area contributed by atoms with Gasteiger partial charge in [0.05, 0.1) is 71.6 Å². The molecule has 4 aliphatic heterocycles. The lowest BCUT2D eigenvalue weighted by Gasteiger charge is -2.37. The van der Waals surface area contributed by atoms with Crippen molar-refractivity contribution in [2.24, 2.45) is 17.3 Å². The number of sulfone groups is 1. The van der Waals surface area contributed by atoms with Crippen LogP contribution in [-0.4, -0.2) is 151 Å². The first-order valence-corrected chi connectivity index (χ1v) is 30.3. The van der Waals surface area contributed by atoms with Crippen LogP contribution in [0.2, 0.25) is 0 Å². The van der Waals surface area contributed by atoms with Gasteiger partial charge in [0.2, 0.25) is 5.91 Å². The maximum absolute atomic E-state index is 15.0. The molecule has 4 aromatic heterocycles. The summed E-state index contributed by atoms with van der Waals surface area (Å²) < 4.78 is 57.8. The van der Waals surface area contributed by atoms with Crippen LogP contribution in [0.25, 0.3) is 33.4 Å². The number of benzene rings is 1. The molecule has 5 fully saturated rings. The highest BCUT2D eigenvalue weighted by atomic mass is 32.2. The van der Waals surface area contributed by atoms with Gasteiger partial charge in [-0.25, -0.2) is 23.8 Å². The number of nitrogens with zero attached hydrogens (tertiary/aromatic N) is 7. The number of anilines is 1. The molecule has 0 spiro atoms. The number of aromatic nitrogens is 4. The number of fused-ring (bicyclic) bond motifs is 6. The third-order valence-electron chi connectivity index (χ3n) is 16.7. The minimum atomic E-state index is -3.08. The lowest BCUT2D eigenvalue weighted by Crippen LogP contribution is -2.61. The summed E-state index contributed by atoms with van der Waals surface area (Å²) in [4.78, 5) is 63.4. The van der Waals surface area contributed by atoms with Crippen LogP contribution in [0.1, 0.15) is 113 Å². The van der Waals surface area contributed by atoms with Crippen LogP contribution in [0.5, 0.6) is 0 Å². The molecule has 19 nitrogen and oxygen atoms in total. The third-order valence-corrected chi connectivity index (χ3v) is 19.3. The average molecular weight is 1100 g/mol. The molecule has 1 aromatic carbocycles. The number of carbonyl (C=O) groups is 3. The Morgan fingerprint density at radius 3 is 2.55 bits per heavy atom. The zero-order valence-corrected chi connectivity index (χ0v) is 46.7. The van der Waals surface area contributed by atoms with Gasteiger partial charge >= 0.3 is 5.97 Å². The smallest absolute Gasteiger partial charge is 0.324 e. The summed E-state index contributed by atoms with van der Waals surface area (Å²) in [6.07, 6.45) is 8.28. The molecule has 11 rings (SSSR count). The van der Waals surface area contributed by atoms with Crippen molar-refractivity contribution < 1.29 is 46.2 Å². The number of piperazine rings is 1. The van der Waals surface area contributed by atoms with Gasteiger partial charge in [-0.05, 0) is 88.5 Å². The lowest BCUT2D eigenvalue weighted by molar-refractivity contribution is -0.156. The molecule has 0 radical (unpaired) electrons. The molecule has 21 heteroatoms. The number of oxazole rings is 1. The monoisotopic (exact) mass is 1100 g/mol. The predicted molar refractivity (Wildman–Crippen MR) is 291 cm³/mol.